The maximum atomic E-state index is 13.1. The molecule has 0 spiro atoms. The number of alkyl halides is 3. The molecule has 0 saturated carbocycles. The first-order chi connectivity index (χ1) is 14.4. The summed E-state index contributed by atoms with van der Waals surface area (Å²) < 4.78 is 47.2. The number of hydrogen-bond acceptors (Lipinski definition) is 7. The van der Waals surface area contributed by atoms with Crippen LogP contribution < -0.4 is 4.74 Å². The molecule has 0 aliphatic carbocycles. The van der Waals surface area contributed by atoms with Gasteiger partial charge in [0.1, 0.15) is 10.8 Å². The van der Waals surface area contributed by atoms with Gasteiger partial charge in [-0.2, -0.15) is 22.8 Å². The summed E-state index contributed by atoms with van der Waals surface area (Å²) in [4.78, 5) is 0. The number of nitrogens with zero attached hydrogens (tertiary/aromatic N) is 7. The van der Waals surface area contributed by atoms with E-state index in [1.54, 1.807) is 29.9 Å². The third-order valence-corrected chi connectivity index (χ3v) is 4.98. The molecule has 0 bridgehead atoms. The number of methoxy groups -OCH3 is 1. The van der Waals surface area contributed by atoms with E-state index in [0.29, 0.717) is 27.8 Å². The molecular weight excluding hydrogens is 419 g/mol. The molecule has 0 aliphatic heterocycles. The Morgan fingerprint density at radius 3 is 2.63 bits per heavy atom. The highest BCUT2D eigenvalue weighted by Crippen LogP contribution is 2.33. The smallest absolute Gasteiger partial charge is 0.453 e. The monoisotopic (exact) mass is 433 g/mol. The second-order valence-corrected chi connectivity index (χ2v) is 6.96. The van der Waals surface area contributed by atoms with Gasteiger partial charge in [-0.1, -0.05) is 18.2 Å². The molecular formula is C18H14F3N7OS. The van der Waals surface area contributed by atoms with Gasteiger partial charge < -0.3 is 4.74 Å². The average Bonchev–Trinajstić information content (AvgIpc) is 3.32. The van der Waals surface area contributed by atoms with Crippen LogP contribution in [0.5, 0.6) is 5.75 Å². The molecule has 0 saturated heterocycles. The minimum atomic E-state index is -4.67. The van der Waals surface area contributed by atoms with Crippen LogP contribution in [0, 0.1) is 0 Å². The standard InChI is InChI=1S/C18H14F3N7OS/c1-3-10-27-15(11-6-4-5-7-12(11)29-2)23-25-17(27)30-14-9-8-13-22-24-16(18(19,20)21)28(13)26-14/h3-9H,1,10H2,2H3. The zero-order valence-corrected chi connectivity index (χ0v) is 16.4. The molecule has 0 aliphatic rings. The second-order valence-electron chi connectivity index (χ2n) is 5.97. The molecule has 4 aromatic rings. The summed E-state index contributed by atoms with van der Waals surface area (Å²) in [5, 5.41) is 19.8. The lowest BCUT2D eigenvalue weighted by Gasteiger charge is -2.10. The van der Waals surface area contributed by atoms with E-state index in [0.717, 1.165) is 17.3 Å². The Balaban J connectivity index is 1.75. The highest BCUT2D eigenvalue weighted by Gasteiger charge is 2.37. The number of hydrogen-bond donors (Lipinski definition) is 0. The minimum Gasteiger partial charge on any atom is -0.496 e. The number of fused-ring (bicyclic) bond motifs is 1. The molecule has 30 heavy (non-hydrogen) atoms. The lowest BCUT2D eigenvalue weighted by molar-refractivity contribution is -0.146. The first-order valence-corrected chi connectivity index (χ1v) is 9.39. The molecule has 154 valence electrons. The van der Waals surface area contributed by atoms with Crippen molar-refractivity contribution in [3.05, 3.63) is 54.9 Å². The van der Waals surface area contributed by atoms with E-state index in [4.69, 9.17) is 4.74 Å². The Morgan fingerprint density at radius 2 is 1.90 bits per heavy atom. The van der Waals surface area contributed by atoms with Crippen LogP contribution in [0.15, 0.2) is 59.2 Å². The van der Waals surface area contributed by atoms with Crippen LogP contribution in [0.25, 0.3) is 17.0 Å². The van der Waals surface area contributed by atoms with Gasteiger partial charge in [0.25, 0.3) is 5.82 Å². The fraction of sp³-hybridized carbons (Fsp3) is 0.167. The Hall–Kier alpha value is -3.41. The predicted molar refractivity (Wildman–Crippen MR) is 102 cm³/mol. The van der Waals surface area contributed by atoms with Crippen molar-refractivity contribution in [2.75, 3.05) is 7.11 Å². The van der Waals surface area contributed by atoms with Crippen molar-refractivity contribution < 1.29 is 17.9 Å². The molecule has 4 rings (SSSR count). The average molecular weight is 433 g/mol. The van der Waals surface area contributed by atoms with Gasteiger partial charge in [-0.05, 0) is 36.0 Å². The number of rotatable bonds is 6. The van der Waals surface area contributed by atoms with E-state index in [1.807, 2.05) is 18.2 Å². The molecule has 0 radical (unpaired) electrons. The molecule has 12 heteroatoms. The van der Waals surface area contributed by atoms with Gasteiger partial charge in [0.15, 0.2) is 16.6 Å². The lowest BCUT2D eigenvalue weighted by Crippen LogP contribution is -2.12. The van der Waals surface area contributed by atoms with Gasteiger partial charge in [-0.25, -0.2) is 0 Å². The molecule has 3 heterocycles. The van der Waals surface area contributed by atoms with Crippen molar-refractivity contribution >= 4 is 17.4 Å². The van der Waals surface area contributed by atoms with Crippen LogP contribution in [0.1, 0.15) is 5.82 Å². The number of halogens is 3. The number of ether oxygens (including phenoxy) is 1. The third-order valence-electron chi connectivity index (χ3n) is 4.06. The lowest BCUT2D eigenvalue weighted by atomic mass is 10.2. The number of aromatic nitrogens is 7. The van der Waals surface area contributed by atoms with Crippen molar-refractivity contribution in [2.24, 2.45) is 0 Å². The molecule has 1 aromatic carbocycles. The Bertz CT molecular complexity index is 1220. The van der Waals surface area contributed by atoms with Crippen molar-refractivity contribution in [2.45, 2.75) is 22.9 Å². The van der Waals surface area contributed by atoms with E-state index < -0.39 is 12.0 Å². The van der Waals surface area contributed by atoms with Crippen molar-refractivity contribution in [3.63, 3.8) is 0 Å². The van der Waals surface area contributed by atoms with Crippen molar-refractivity contribution in [1.82, 2.24) is 34.6 Å². The van der Waals surface area contributed by atoms with Gasteiger partial charge in [0.05, 0.1) is 12.7 Å². The first kappa shape index (κ1) is 19.9. The van der Waals surface area contributed by atoms with Crippen LogP contribution in [0.4, 0.5) is 13.2 Å². The fourth-order valence-electron chi connectivity index (χ4n) is 2.78. The van der Waals surface area contributed by atoms with Gasteiger partial charge in [0, 0.05) is 6.54 Å². The molecule has 0 fully saturated rings. The molecule has 0 atom stereocenters. The zero-order valence-electron chi connectivity index (χ0n) is 15.5. The number of allylic oxidation sites excluding steroid dienone is 1. The number of para-hydroxylation sites is 1. The molecule has 8 nitrogen and oxygen atoms in total. The summed E-state index contributed by atoms with van der Waals surface area (Å²) in [6, 6.07) is 10.3. The Morgan fingerprint density at radius 1 is 1.10 bits per heavy atom. The van der Waals surface area contributed by atoms with E-state index in [1.165, 1.54) is 6.07 Å². The predicted octanol–water partition coefficient (Wildman–Crippen LogP) is 3.75. The van der Waals surface area contributed by atoms with Gasteiger partial charge in [0.2, 0.25) is 0 Å². The van der Waals surface area contributed by atoms with E-state index in [2.05, 4.69) is 32.1 Å². The molecule has 0 unspecified atom stereocenters. The highest BCUT2D eigenvalue weighted by atomic mass is 32.2. The molecule has 0 amide bonds. The summed E-state index contributed by atoms with van der Waals surface area (Å²) in [5.41, 5.74) is 0.719. The summed E-state index contributed by atoms with van der Waals surface area (Å²) >= 11 is 1.07. The van der Waals surface area contributed by atoms with E-state index >= 15 is 0 Å². The van der Waals surface area contributed by atoms with E-state index in [-0.39, 0.29) is 10.7 Å². The van der Waals surface area contributed by atoms with Crippen molar-refractivity contribution in [1.29, 1.82) is 0 Å². The summed E-state index contributed by atoms with van der Waals surface area (Å²) in [7, 11) is 1.55. The Labute approximate surface area is 172 Å². The van der Waals surface area contributed by atoms with Crippen LogP contribution in [-0.2, 0) is 12.7 Å². The first-order valence-electron chi connectivity index (χ1n) is 8.57. The van der Waals surface area contributed by atoms with Crippen LogP contribution in [0.3, 0.4) is 0 Å². The summed E-state index contributed by atoms with van der Waals surface area (Å²) in [6.07, 6.45) is -3.00. The van der Waals surface area contributed by atoms with Crippen molar-refractivity contribution in [3.8, 4) is 17.1 Å². The largest absolute Gasteiger partial charge is 0.496 e. The highest BCUT2D eigenvalue weighted by molar-refractivity contribution is 7.99. The maximum absolute atomic E-state index is 13.1. The Kier molecular flexibility index (Phi) is 5.16. The second kappa shape index (κ2) is 7.78. The van der Waals surface area contributed by atoms with Crippen LogP contribution in [-0.4, -0.2) is 41.7 Å². The van der Waals surface area contributed by atoms with Gasteiger partial charge in [-0.15, -0.1) is 27.0 Å². The molecule has 0 N–H and O–H groups in total. The third kappa shape index (κ3) is 3.61. The minimum absolute atomic E-state index is 0.00561. The van der Waals surface area contributed by atoms with Crippen LogP contribution in [0.2, 0.25) is 0 Å². The van der Waals surface area contributed by atoms with E-state index in [9.17, 15) is 13.2 Å². The molecule has 3 aromatic heterocycles. The number of benzene rings is 1. The fourth-order valence-corrected chi connectivity index (χ4v) is 3.58. The SMILES string of the molecule is C=CCn1c(Sc2ccc3nnc(C(F)(F)F)n3n2)nnc1-c1ccccc1OC. The van der Waals surface area contributed by atoms with Crippen LogP contribution >= 0.6 is 11.8 Å². The summed E-state index contributed by atoms with van der Waals surface area (Å²) in [5.74, 6) is -0.0379. The quantitative estimate of drug-likeness (QED) is 0.428. The summed E-state index contributed by atoms with van der Waals surface area (Å²) in [6.45, 7) is 4.14. The van der Waals surface area contributed by atoms with Gasteiger partial charge in [-0.3, -0.25) is 4.57 Å². The maximum Gasteiger partial charge on any atom is 0.453 e. The normalized spacial score (nSPS) is 11.7. The topological polar surface area (TPSA) is 83.0 Å². The zero-order chi connectivity index (χ0) is 21.3. The van der Waals surface area contributed by atoms with Gasteiger partial charge >= 0.3 is 6.18 Å².